The van der Waals surface area contributed by atoms with Crippen molar-refractivity contribution in [2.24, 2.45) is 0 Å². The SMILES string of the molecule is CCCn1c(C)cc(C(=O)COC(=O)CCN2C(=O)COc3ccccc32)c1C. The van der Waals surface area contributed by atoms with Gasteiger partial charge in [0.25, 0.3) is 5.91 Å². The maximum atomic E-state index is 12.5. The number of carbonyl (C=O) groups excluding carboxylic acids is 3. The van der Waals surface area contributed by atoms with Gasteiger partial charge in [-0.25, -0.2) is 0 Å². The molecule has 1 aliphatic heterocycles. The molecular weight excluding hydrogens is 372 g/mol. The van der Waals surface area contributed by atoms with Crippen LogP contribution < -0.4 is 9.64 Å². The zero-order valence-corrected chi connectivity index (χ0v) is 17.1. The van der Waals surface area contributed by atoms with Crippen molar-refractivity contribution in [1.29, 1.82) is 0 Å². The van der Waals surface area contributed by atoms with Crippen LogP contribution in [0.4, 0.5) is 5.69 Å². The van der Waals surface area contributed by atoms with Crippen LogP contribution in [0.25, 0.3) is 0 Å². The lowest BCUT2D eigenvalue weighted by molar-refractivity contribution is -0.142. The number of esters is 1. The van der Waals surface area contributed by atoms with E-state index in [1.807, 2.05) is 26.0 Å². The number of ketones is 1. The Balaban J connectivity index is 1.55. The normalized spacial score (nSPS) is 13.1. The number of amides is 1. The molecule has 7 nitrogen and oxygen atoms in total. The molecule has 1 aliphatic rings. The van der Waals surface area contributed by atoms with Gasteiger partial charge in [0.05, 0.1) is 12.1 Å². The van der Waals surface area contributed by atoms with Gasteiger partial charge in [-0.05, 0) is 38.5 Å². The fourth-order valence-corrected chi connectivity index (χ4v) is 3.55. The van der Waals surface area contributed by atoms with Crippen LogP contribution in [0.5, 0.6) is 5.75 Å². The summed E-state index contributed by atoms with van der Waals surface area (Å²) in [6.45, 7) is 6.61. The number of hydrogen-bond donors (Lipinski definition) is 0. The lowest BCUT2D eigenvalue weighted by Crippen LogP contribution is -2.40. The van der Waals surface area contributed by atoms with Crippen LogP contribution in [0.1, 0.15) is 41.5 Å². The van der Waals surface area contributed by atoms with Crippen LogP contribution in [-0.2, 0) is 20.9 Å². The van der Waals surface area contributed by atoms with E-state index in [2.05, 4.69) is 11.5 Å². The molecule has 0 bridgehead atoms. The number of hydrogen-bond acceptors (Lipinski definition) is 5. The zero-order chi connectivity index (χ0) is 21.0. The summed E-state index contributed by atoms with van der Waals surface area (Å²) in [4.78, 5) is 38.3. The maximum Gasteiger partial charge on any atom is 0.308 e. The average molecular weight is 398 g/mol. The zero-order valence-electron chi connectivity index (χ0n) is 17.1. The van der Waals surface area contributed by atoms with Crippen LogP contribution >= 0.6 is 0 Å². The Morgan fingerprint density at radius 2 is 1.93 bits per heavy atom. The number of aryl methyl sites for hydroxylation is 1. The van der Waals surface area contributed by atoms with E-state index in [9.17, 15) is 14.4 Å². The summed E-state index contributed by atoms with van der Waals surface area (Å²) in [6, 6.07) is 9.02. The largest absolute Gasteiger partial charge is 0.482 e. The Hall–Kier alpha value is -3.09. The fraction of sp³-hybridized carbons (Fsp3) is 0.409. The molecule has 0 radical (unpaired) electrons. The van der Waals surface area contributed by atoms with Crippen LogP contribution in [0, 0.1) is 13.8 Å². The van der Waals surface area contributed by atoms with E-state index in [4.69, 9.17) is 9.47 Å². The Labute approximate surface area is 170 Å². The molecule has 7 heteroatoms. The number of nitrogens with zero attached hydrogens (tertiary/aromatic N) is 2. The van der Waals surface area contributed by atoms with Gasteiger partial charge in [-0.1, -0.05) is 19.1 Å². The van der Waals surface area contributed by atoms with Crippen molar-refractivity contribution < 1.29 is 23.9 Å². The molecule has 29 heavy (non-hydrogen) atoms. The molecule has 0 fully saturated rings. The molecule has 0 spiro atoms. The van der Waals surface area contributed by atoms with Crippen LogP contribution in [0.2, 0.25) is 0 Å². The highest BCUT2D eigenvalue weighted by atomic mass is 16.5. The third-order valence-corrected chi connectivity index (χ3v) is 5.03. The van der Waals surface area contributed by atoms with Gasteiger partial charge in [0, 0.05) is 30.0 Å². The fourth-order valence-electron chi connectivity index (χ4n) is 3.55. The van der Waals surface area contributed by atoms with Gasteiger partial charge < -0.3 is 18.9 Å². The number of aromatic nitrogens is 1. The summed E-state index contributed by atoms with van der Waals surface area (Å²) < 4.78 is 12.7. The Morgan fingerprint density at radius 3 is 2.69 bits per heavy atom. The van der Waals surface area contributed by atoms with Crippen molar-refractivity contribution in [3.05, 3.63) is 47.3 Å². The summed E-state index contributed by atoms with van der Waals surface area (Å²) in [5, 5.41) is 0. The molecule has 0 atom stereocenters. The van der Waals surface area contributed by atoms with Crippen molar-refractivity contribution in [3.63, 3.8) is 0 Å². The quantitative estimate of drug-likeness (QED) is 0.504. The number of carbonyl (C=O) groups is 3. The standard InChI is InChI=1S/C22H26N2O5/c1-4-10-23-15(2)12-17(16(23)3)19(25)13-29-22(27)9-11-24-18-7-5-6-8-20(18)28-14-21(24)26/h5-8,12H,4,9-11,13-14H2,1-3H3. The molecule has 0 N–H and O–H groups in total. The van der Waals surface area contributed by atoms with E-state index in [1.165, 1.54) is 4.90 Å². The lowest BCUT2D eigenvalue weighted by Gasteiger charge is -2.28. The second kappa shape index (κ2) is 8.94. The van der Waals surface area contributed by atoms with Gasteiger partial charge in [-0.2, -0.15) is 0 Å². The van der Waals surface area contributed by atoms with Crippen molar-refractivity contribution in [2.75, 3.05) is 24.7 Å². The monoisotopic (exact) mass is 398 g/mol. The van der Waals surface area contributed by atoms with Gasteiger partial charge in [0.15, 0.2) is 13.2 Å². The first-order valence-corrected chi connectivity index (χ1v) is 9.80. The minimum absolute atomic E-state index is 0.00219. The number of ether oxygens (including phenoxy) is 2. The van der Waals surface area contributed by atoms with Crippen LogP contribution in [0.3, 0.4) is 0 Å². The summed E-state index contributed by atoms with van der Waals surface area (Å²) in [7, 11) is 0. The third kappa shape index (κ3) is 4.50. The van der Waals surface area contributed by atoms with Gasteiger partial charge in [-0.3, -0.25) is 14.4 Å². The molecule has 3 rings (SSSR count). The highest BCUT2D eigenvalue weighted by molar-refractivity contribution is 6.00. The molecular formula is C22H26N2O5. The number of anilines is 1. The number of benzene rings is 1. The van der Waals surface area contributed by atoms with Crippen LogP contribution in [0.15, 0.2) is 30.3 Å². The summed E-state index contributed by atoms with van der Waals surface area (Å²) in [5.41, 5.74) is 3.13. The molecule has 0 saturated carbocycles. The minimum Gasteiger partial charge on any atom is -0.482 e. The predicted octanol–water partition coefficient (Wildman–Crippen LogP) is 3.06. The van der Waals surface area contributed by atoms with E-state index >= 15 is 0 Å². The van der Waals surface area contributed by atoms with E-state index in [0.29, 0.717) is 17.0 Å². The topological polar surface area (TPSA) is 77.8 Å². The molecule has 0 saturated heterocycles. The van der Waals surface area contributed by atoms with Gasteiger partial charge in [0.2, 0.25) is 5.78 Å². The highest BCUT2D eigenvalue weighted by Gasteiger charge is 2.26. The summed E-state index contributed by atoms with van der Waals surface area (Å²) >= 11 is 0. The smallest absolute Gasteiger partial charge is 0.308 e. The Kier molecular flexibility index (Phi) is 6.36. The molecule has 0 unspecified atom stereocenters. The Bertz CT molecular complexity index is 931. The molecule has 154 valence electrons. The van der Waals surface area contributed by atoms with Crippen molar-refractivity contribution in [2.45, 2.75) is 40.2 Å². The highest BCUT2D eigenvalue weighted by Crippen LogP contribution is 2.31. The molecule has 1 aromatic heterocycles. The minimum atomic E-state index is -0.516. The van der Waals surface area contributed by atoms with Crippen molar-refractivity contribution in [3.8, 4) is 5.75 Å². The predicted molar refractivity (Wildman–Crippen MR) is 108 cm³/mol. The van der Waals surface area contributed by atoms with Crippen molar-refractivity contribution >= 4 is 23.3 Å². The third-order valence-electron chi connectivity index (χ3n) is 5.03. The van der Waals surface area contributed by atoms with Gasteiger partial charge in [-0.15, -0.1) is 0 Å². The van der Waals surface area contributed by atoms with Crippen LogP contribution in [-0.4, -0.2) is 42.0 Å². The van der Waals surface area contributed by atoms with E-state index in [0.717, 1.165) is 24.4 Å². The molecule has 2 aromatic rings. The first kappa shape index (κ1) is 20.6. The van der Waals surface area contributed by atoms with Gasteiger partial charge in [0.1, 0.15) is 5.75 Å². The number of para-hydroxylation sites is 2. The maximum absolute atomic E-state index is 12.5. The van der Waals surface area contributed by atoms with E-state index < -0.39 is 5.97 Å². The Morgan fingerprint density at radius 1 is 1.17 bits per heavy atom. The number of Topliss-reactive ketones (excluding diaryl/α,β-unsaturated/α-hetero) is 1. The molecule has 2 heterocycles. The average Bonchev–Trinajstić information content (AvgIpc) is 3.00. The van der Waals surface area contributed by atoms with Gasteiger partial charge >= 0.3 is 5.97 Å². The van der Waals surface area contributed by atoms with E-state index in [1.54, 1.807) is 18.2 Å². The second-order valence-corrected chi connectivity index (χ2v) is 7.07. The molecule has 1 amide bonds. The molecule has 1 aromatic carbocycles. The first-order valence-electron chi connectivity index (χ1n) is 9.80. The lowest BCUT2D eigenvalue weighted by atomic mass is 10.1. The summed E-state index contributed by atoms with van der Waals surface area (Å²) in [6.07, 6.45) is 0.977. The van der Waals surface area contributed by atoms with Crippen molar-refractivity contribution in [1.82, 2.24) is 4.57 Å². The molecule has 0 aliphatic carbocycles. The van der Waals surface area contributed by atoms with E-state index in [-0.39, 0.29) is 37.9 Å². The second-order valence-electron chi connectivity index (χ2n) is 7.07. The summed E-state index contributed by atoms with van der Waals surface area (Å²) in [5.74, 6) is -0.340. The number of rotatable bonds is 8. The first-order chi connectivity index (χ1) is 13.9. The number of fused-ring (bicyclic) bond motifs is 1.